The van der Waals surface area contributed by atoms with Crippen molar-refractivity contribution in [3.63, 3.8) is 0 Å². The molecule has 1 amide bonds. The number of rotatable bonds is 7. The second kappa shape index (κ2) is 9.01. The maximum absolute atomic E-state index is 13.0. The Balaban J connectivity index is 1.78. The highest BCUT2D eigenvalue weighted by molar-refractivity contribution is 6.46. The molecule has 7 heteroatoms. The van der Waals surface area contributed by atoms with E-state index in [1.165, 1.54) is 23.3 Å². The average Bonchev–Trinajstić information content (AvgIpc) is 3.40. The lowest BCUT2D eigenvalue weighted by molar-refractivity contribution is -0.140. The molecule has 0 aliphatic carbocycles. The normalized spacial score (nSPS) is 17.7. The summed E-state index contributed by atoms with van der Waals surface area (Å²) >= 11 is 0. The van der Waals surface area contributed by atoms with Gasteiger partial charge in [-0.1, -0.05) is 19.1 Å². The molecule has 4 rings (SSSR count). The standard InChI is InChI=1S/C25H23NO6/c1-2-12-31-19-10-8-16(9-11-19)23(28)21-22(17-5-3-6-18(27)14-17)26(25(30)24(21)29)15-20-7-4-13-32-20/h3-11,13-14,22,27-28H,2,12,15H2,1H3/b23-21-. The van der Waals surface area contributed by atoms with Crippen molar-refractivity contribution >= 4 is 17.4 Å². The van der Waals surface area contributed by atoms with Crippen LogP contribution < -0.4 is 4.74 Å². The van der Waals surface area contributed by atoms with Gasteiger partial charge >= 0.3 is 0 Å². The summed E-state index contributed by atoms with van der Waals surface area (Å²) in [5, 5.41) is 21.1. The molecule has 3 aromatic rings. The third kappa shape index (κ3) is 4.09. The van der Waals surface area contributed by atoms with Gasteiger partial charge in [-0.2, -0.15) is 0 Å². The number of likely N-dealkylation sites (tertiary alicyclic amines) is 1. The van der Waals surface area contributed by atoms with E-state index in [9.17, 15) is 19.8 Å². The zero-order valence-corrected chi connectivity index (χ0v) is 17.5. The first kappa shape index (κ1) is 21.2. The molecule has 164 valence electrons. The van der Waals surface area contributed by atoms with Gasteiger partial charge < -0.3 is 24.3 Å². The topological polar surface area (TPSA) is 100 Å². The van der Waals surface area contributed by atoms with Gasteiger partial charge in [0.2, 0.25) is 0 Å². The molecule has 2 aromatic carbocycles. The Morgan fingerprint density at radius 2 is 1.88 bits per heavy atom. The first-order chi connectivity index (χ1) is 15.5. The summed E-state index contributed by atoms with van der Waals surface area (Å²) in [6, 6.07) is 15.5. The van der Waals surface area contributed by atoms with E-state index in [-0.39, 0.29) is 23.6 Å². The Labute approximate surface area is 185 Å². The molecule has 2 heterocycles. The van der Waals surface area contributed by atoms with Gasteiger partial charge in [-0.25, -0.2) is 0 Å². The predicted octanol–water partition coefficient (Wildman–Crippen LogP) is 4.40. The van der Waals surface area contributed by atoms with Crippen LogP contribution in [0.5, 0.6) is 11.5 Å². The third-order valence-corrected chi connectivity index (χ3v) is 5.23. The number of phenols is 1. The van der Waals surface area contributed by atoms with Crippen LogP contribution in [0, 0.1) is 0 Å². The number of phenolic OH excluding ortho intramolecular Hbond substituents is 1. The van der Waals surface area contributed by atoms with Crippen molar-refractivity contribution in [2.75, 3.05) is 6.61 Å². The Morgan fingerprint density at radius 1 is 1.09 bits per heavy atom. The molecule has 0 bridgehead atoms. The Kier molecular flexibility index (Phi) is 5.98. The monoisotopic (exact) mass is 433 g/mol. The molecule has 0 spiro atoms. The van der Waals surface area contributed by atoms with Gasteiger partial charge in [-0.3, -0.25) is 9.59 Å². The zero-order valence-electron chi connectivity index (χ0n) is 17.5. The molecule has 1 aliphatic heterocycles. The molecule has 1 aromatic heterocycles. The Bertz CT molecular complexity index is 1150. The van der Waals surface area contributed by atoms with Gasteiger partial charge in [0.25, 0.3) is 11.7 Å². The van der Waals surface area contributed by atoms with Crippen LogP contribution in [0.3, 0.4) is 0 Å². The van der Waals surface area contributed by atoms with Gasteiger partial charge in [0.1, 0.15) is 23.0 Å². The third-order valence-electron chi connectivity index (χ3n) is 5.23. The largest absolute Gasteiger partial charge is 0.508 e. The molecule has 32 heavy (non-hydrogen) atoms. The molecular formula is C25H23NO6. The predicted molar refractivity (Wildman–Crippen MR) is 117 cm³/mol. The molecule has 1 atom stereocenters. The first-order valence-electron chi connectivity index (χ1n) is 10.3. The fraction of sp³-hybridized carbons (Fsp3) is 0.200. The molecule has 1 unspecified atom stereocenters. The number of amides is 1. The minimum atomic E-state index is -0.886. The van der Waals surface area contributed by atoms with E-state index in [0.717, 1.165) is 6.42 Å². The van der Waals surface area contributed by atoms with Crippen molar-refractivity contribution < 1.29 is 29.0 Å². The SMILES string of the molecule is CCCOc1ccc(/C(O)=C2/C(=O)C(=O)N(Cc3ccco3)C2c2cccc(O)c2)cc1. The summed E-state index contributed by atoms with van der Waals surface area (Å²) in [5.74, 6) is -0.710. The van der Waals surface area contributed by atoms with Gasteiger partial charge in [-0.15, -0.1) is 0 Å². The van der Waals surface area contributed by atoms with E-state index in [1.54, 1.807) is 48.5 Å². The van der Waals surface area contributed by atoms with E-state index < -0.39 is 17.7 Å². The van der Waals surface area contributed by atoms with Gasteiger partial charge in [0, 0.05) is 5.56 Å². The Morgan fingerprint density at radius 3 is 2.53 bits per heavy atom. The molecule has 1 saturated heterocycles. The smallest absolute Gasteiger partial charge is 0.296 e. The number of aromatic hydroxyl groups is 1. The summed E-state index contributed by atoms with van der Waals surface area (Å²) < 4.78 is 10.9. The molecule has 2 N–H and O–H groups in total. The first-order valence-corrected chi connectivity index (χ1v) is 10.3. The fourth-order valence-electron chi connectivity index (χ4n) is 3.74. The van der Waals surface area contributed by atoms with Crippen LogP contribution in [0.2, 0.25) is 0 Å². The number of ketones is 1. The van der Waals surface area contributed by atoms with Crippen LogP contribution >= 0.6 is 0 Å². The summed E-state index contributed by atoms with van der Waals surface area (Å²) in [6.45, 7) is 2.61. The highest BCUT2D eigenvalue weighted by Crippen LogP contribution is 2.41. The van der Waals surface area contributed by atoms with E-state index >= 15 is 0 Å². The number of ether oxygens (including phenoxy) is 1. The van der Waals surface area contributed by atoms with E-state index in [2.05, 4.69) is 0 Å². The van der Waals surface area contributed by atoms with Crippen molar-refractivity contribution in [2.45, 2.75) is 25.9 Å². The van der Waals surface area contributed by atoms with Gasteiger partial charge in [0.15, 0.2) is 0 Å². The minimum absolute atomic E-state index is 0.0106. The fourth-order valence-corrected chi connectivity index (χ4v) is 3.74. The average molecular weight is 433 g/mol. The number of benzene rings is 2. The van der Waals surface area contributed by atoms with Crippen LogP contribution in [0.4, 0.5) is 0 Å². The molecule has 0 saturated carbocycles. The van der Waals surface area contributed by atoms with Crippen molar-refractivity contribution in [3.05, 3.63) is 89.4 Å². The molecule has 1 aliphatic rings. The number of aliphatic hydroxyl groups is 1. The van der Waals surface area contributed by atoms with Crippen LogP contribution in [0.25, 0.3) is 5.76 Å². The number of hydrogen-bond acceptors (Lipinski definition) is 6. The highest BCUT2D eigenvalue weighted by atomic mass is 16.5. The summed E-state index contributed by atoms with van der Waals surface area (Å²) in [7, 11) is 0. The highest BCUT2D eigenvalue weighted by Gasteiger charge is 2.46. The number of aliphatic hydroxyl groups excluding tert-OH is 1. The quantitative estimate of drug-likeness (QED) is 0.326. The van der Waals surface area contributed by atoms with Crippen LogP contribution in [-0.2, 0) is 16.1 Å². The number of furan rings is 1. The number of carbonyl (C=O) groups excluding carboxylic acids is 2. The van der Waals surface area contributed by atoms with Crippen LogP contribution in [0.1, 0.15) is 36.3 Å². The summed E-state index contributed by atoms with van der Waals surface area (Å²) in [6.07, 6.45) is 2.35. The van der Waals surface area contributed by atoms with Crippen molar-refractivity contribution in [3.8, 4) is 11.5 Å². The van der Waals surface area contributed by atoms with Crippen molar-refractivity contribution in [1.82, 2.24) is 4.90 Å². The lowest BCUT2D eigenvalue weighted by Gasteiger charge is -2.24. The number of carbonyl (C=O) groups is 2. The minimum Gasteiger partial charge on any atom is -0.508 e. The lowest BCUT2D eigenvalue weighted by Crippen LogP contribution is -2.29. The van der Waals surface area contributed by atoms with Gasteiger partial charge in [0.05, 0.1) is 31.0 Å². The van der Waals surface area contributed by atoms with Crippen LogP contribution in [0.15, 0.2) is 76.9 Å². The zero-order chi connectivity index (χ0) is 22.7. The van der Waals surface area contributed by atoms with Crippen LogP contribution in [-0.4, -0.2) is 33.4 Å². The molecule has 1 fully saturated rings. The Hall–Kier alpha value is -4.00. The van der Waals surface area contributed by atoms with Crippen molar-refractivity contribution in [2.24, 2.45) is 0 Å². The second-order valence-electron chi connectivity index (χ2n) is 7.47. The summed E-state index contributed by atoms with van der Waals surface area (Å²) in [5.41, 5.74) is 0.838. The molecule has 0 radical (unpaired) electrons. The van der Waals surface area contributed by atoms with E-state index in [4.69, 9.17) is 9.15 Å². The number of nitrogens with zero attached hydrogens (tertiary/aromatic N) is 1. The van der Waals surface area contributed by atoms with E-state index in [1.807, 2.05) is 6.92 Å². The molecular weight excluding hydrogens is 410 g/mol. The maximum atomic E-state index is 13.0. The van der Waals surface area contributed by atoms with Gasteiger partial charge in [-0.05, 0) is 60.5 Å². The lowest BCUT2D eigenvalue weighted by atomic mass is 9.95. The second-order valence-corrected chi connectivity index (χ2v) is 7.47. The molecule has 7 nitrogen and oxygen atoms in total. The van der Waals surface area contributed by atoms with Crippen molar-refractivity contribution in [1.29, 1.82) is 0 Å². The number of hydrogen-bond donors (Lipinski definition) is 2. The number of Topliss-reactive ketones (excluding diaryl/α,β-unsaturated/α-hetero) is 1. The van der Waals surface area contributed by atoms with E-state index in [0.29, 0.717) is 29.2 Å². The summed E-state index contributed by atoms with van der Waals surface area (Å²) in [4.78, 5) is 27.3. The maximum Gasteiger partial charge on any atom is 0.296 e.